The summed E-state index contributed by atoms with van der Waals surface area (Å²) in [4.78, 5) is 29.2. The van der Waals surface area contributed by atoms with Crippen LogP contribution >= 0.6 is 0 Å². The van der Waals surface area contributed by atoms with Crippen molar-refractivity contribution in [2.24, 2.45) is 0 Å². The Morgan fingerprint density at radius 1 is 1.00 bits per heavy atom. The quantitative estimate of drug-likeness (QED) is 0.416. The molecule has 2 aromatic carbocycles. The maximum absolute atomic E-state index is 14.5. The number of nitrogens with zero attached hydrogens (tertiary/aromatic N) is 5. The molecular formula is C26H23F2N7O. The van der Waals surface area contributed by atoms with Crippen molar-refractivity contribution in [2.45, 2.75) is 18.9 Å². The van der Waals surface area contributed by atoms with Gasteiger partial charge in [-0.2, -0.15) is 0 Å². The van der Waals surface area contributed by atoms with Crippen molar-refractivity contribution in [1.82, 2.24) is 20.3 Å². The van der Waals surface area contributed by atoms with Crippen molar-refractivity contribution in [3.8, 4) is 0 Å². The van der Waals surface area contributed by atoms with Crippen LogP contribution in [0.4, 0.5) is 36.6 Å². The highest BCUT2D eigenvalue weighted by atomic mass is 19.1. The first-order valence-electron chi connectivity index (χ1n) is 11.8. The van der Waals surface area contributed by atoms with Crippen molar-refractivity contribution in [2.75, 3.05) is 34.8 Å². The van der Waals surface area contributed by atoms with Crippen LogP contribution in [0.3, 0.4) is 0 Å². The van der Waals surface area contributed by atoms with Crippen LogP contribution in [0, 0.1) is 11.6 Å². The van der Waals surface area contributed by atoms with Gasteiger partial charge >= 0.3 is 6.03 Å². The van der Waals surface area contributed by atoms with E-state index >= 15 is 0 Å². The lowest BCUT2D eigenvalue weighted by atomic mass is 10.0. The normalized spacial score (nSPS) is 17.6. The van der Waals surface area contributed by atoms with E-state index in [1.165, 1.54) is 18.5 Å². The minimum absolute atomic E-state index is 0.104. The predicted octanol–water partition coefficient (Wildman–Crippen LogP) is 4.92. The molecule has 182 valence electrons. The summed E-state index contributed by atoms with van der Waals surface area (Å²) in [5.74, 6) is 0.304. The maximum atomic E-state index is 14.5. The molecule has 0 spiro atoms. The van der Waals surface area contributed by atoms with E-state index in [9.17, 15) is 13.6 Å². The van der Waals surface area contributed by atoms with Gasteiger partial charge in [0.15, 0.2) is 5.82 Å². The second-order valence-electron chi connectivity index (χ2n) is 8.83. The van der Waals surface area contributed by atoms with E-state index in [-0.39, 0.29) is 12.1 Å². The first-order valence-corrected chi connectivity index (χ1v) is 11.8. The zero-order valence-electron chi connectivity index (χ0n) is 19.3. The topological polar surface area (TPSA) is 86.3 Å². The van der Waals surface area contributed by atoms with E-state index < -0.39 is 11.6 Å². The molecule has 0 radical (unpaired) electrons. The molecule has 1 atom stereocenters. The first kappa shape index (κ1) is 22.1. The molecule has 0 unspecified atom stereocenters. The van der Waals surface area contributed by atoms with Crippen molar-refractivity contribution < 1.29 is 13.6 Å². The van der Waals surface area contributed by atoms with Crippen LogP contribution in [0.2, 0.25) is 0 Å². The Hall–Kier alpha value is -4.34. The SMILES string of the molecule is O=C1NCCN1c1ccc(Nc2ncnc3ccc(N4CCC[C@@H]4c4cc(F)ccc4F)nc23)cc1. The van der Waals surface area contributed by atoms with Gasteiger partial charge in [0.25, 0.3) is 0 Å². The van der Waals surface area contributed by atoms with Crippen LogP contribution in [0.1, 0.15) is 24.4 Å². The molecule has 36 heavy (non-hydrogen) atoms. The molecule has 2 aliphatic rings. The number of carbonyl (C=O) groups is 1. The van der Waals surface area contributed by atoms with Gasteiger partial charge in [-0.3, -0.25) is 4.90 Å². The van der Waals surface area contributed by atoms with Crippen LogP contribution in [0.15, 0.2) is 60.9 Å². The zero-order valence-corrected chi connectivity index (χ0v) is 19.3. The second kappa shape index (κ2) is 9.03. The number of fused-ring (bicyclic) bond motifs is 1. The number of halogens is 2. The number of carbonyl (C=O) groups excluding carboxylic acids is 1. The third kappa shape index (κ3) is 4.04. The van der Waals surface area contributed by atoms with E-state index in [1.807, 2.05) is 41.3 Å². The van der Waals surface area contributed by atoms with E-state index in [1.54, 1.807) is 4.90 Å². The lowest BCUT2D eigenvalue weighted by Crippen LogP contribution is -2.27. The molecule has 2 aromatic heterocycles. The third-order valence-electron chi connectivity index (χ3n) is 6.63. The summed E-state index contributed by atoms with van der Waals surface area (Å²) in [6, 6.07) is 14.4. The van der Waals surface area contributed by atoms with Gasteiger partial charge in [-0.25, -0.2) is 28.5 Å². The van der Waals surface area contributed by atoms with E-state index in [0.29, 0.717) is 54.3 Å². The van der Waals surface area contributed by atoms with Gasteiger partial charge in [-0.1, -0.05) is 0 Å². The number of urea groups is 1. The minimum atomic E-state index is -0.457. The number of hydrogen-bond donors (Lipinski definition) is 2. The molecule has 0 saturated carbocycles. The summed E-state index contributed by atoms with van der Waals surface area (Å²) in [6.45, 7) is 1.94. The molecule has 0 aliphatic carbocycles. The average molecular weight is 488 g/mol. The van der Waals surface area contributed by atoms with Crippen LogP contribution in [-0.4, -0.2) is 40.6 Å². The molecule has 2 N–H and O–H groups in total. The van der Waals surface area contributed by atoms with E-state index in [0.717, 1.165) is 23.9 Å². The molecule has 6 rings (SSSR count). The number of hydrogen-bond acceptors (Lipinski definition) is 6. The zero-order chi connectivity index (χ0) is 24.6. The number of aromatic nitrogens is 3. The second-order valence-corrected chi connectivity index (χ2v) is 8.83. The molecule has 10 heteroatoms. The molecule has 2 aliphatic heterocycles. The molecular weight excluding hydrogens is 464 g/mol. The van der Waals surface area contributed by atoms with Crippen LogP contribution < -0.4 is 20.4 Å². The number of nitrogens with one attached hydrogen (secondary N) is 2. The third-order valence-corrected chi connectivity index (χ3v) is 6.63. The Bertz CT molecular complexity index is 1450. The smallest absolute Gasteiger partial charge is 0.321 e. The van der Waals surface area contributed by atoms with E-state index in [2.05, 4.69) is 20.6 Å². The fourth-order valence-corrected chi connectivity index (χ4v) is 4.89. The Morgan fingerprint density at radius 2 is 1.86 bits per heavy atom. The molecule has 2 fully saturated rings. The van der Waals surface area contributed by atoms with Crippen LogP contribution in [-0.2, 0) is 0 Å². The van der Waals surface area contributed by atoms with Gasteiger partial charge < -0.3 is 15.5 Å². The summed E-state index contributed by atoms with van der Waals surface area (Å²) < 4.78 is 28.4. The Kier molecular flexibility index (Phi) is 5.55. The molecule has 4 aromatic rings. The Balaban J connectivity index is 1.30. The first-order chi connectivity index (χ1) is 17.6. The van der Waals surface area contributed by atoms with Gasteiger partial charge in [0.05, 0.1) is 11.6 Å². The Labute approximate surface area is 206 Å². The summed E-state index contributed by atoms with van der Waals surface area (Å²) in [7, 11) is 0. The number of anilines is 4. The molecule has 2 saturated heterocycles. The van der Waals surface area contributed by atoms with Gasteiger partial charge in [0.2, 0.25) is 0 Å². The van der Waals surface area contributed by atoms with Gasteiger partial charge in [-0.15, -0.1) is 0 Å². The minimum Gasteiger partial charge on any atom is -0.349 e. The van der Waals surface area contributed by atoms with Gasteiger partial charge in [-0.05, 0) is 67.4 Å². The fourth-order valence-electron chi connectivity index (χ4n) is 4.89. The maximum Gasteiger partial charge on any atom is 0.321 e. The van der Waals surface area contributed by atoms with Crippen molar-refractivity contribution in [3.05, 3.63) is 78.1 Å². The number of amides is 2. The fraction of sp³-hybridized carbons (Fsp3) is 0.231. The van der Waals surface area contributed by atoms with Gasteiger partial charge in [0, 0.05) is 36.6 Å². The summed E-state index contributed by atoms with van der Waals surface area (Å²) in [6.07, 6.45) is 3.02. The number of benzene rings is 2. The molecule has 0 bridgehead atoms. The lowest BCUT2D eigenvalue weighted by Gasteiger charge is -2.26. The van der Waals surface area contributed by atoms with Crippen LogP contribution in [0.25, 0.3) is 11.0 Å². The monoisotopic (exact) mass is 487 g/mol. The average Bonchev–Trinajstić information content (AvgIpc) is 3.55. The number of pyridine rings is 1. The summed E-state index contributed by atoms with van der Waals surface area (Å²) in [5, 5.41) is 6.09. The van der Waals surface area contributed by atoms with Crippen molar-refractivity contribution in [1.29, 1.82) is 0 Å². The highest BCUT2D eigenvalue weighted by molar-refractivity contribution is 5.94. The molecule has 4 heterocycles. The largest absolute Gasteiger partial charge is 0.349 e. The molecule has 8 nitrogen and oxygen atoms in total. The summed E-state index contributed by atoms with van der Waals surface area (Å²) >= 11 is 0. The van der Waals surface area contributed by atoms with E-state index in [4.69, 9.17) is 4.98 Å². The highest BCUT2D eigenvalue weighted by Gasteiger charge is 2.30. The lowest BCUT2D eigenvalue weighted by molar-refractivity contribution is 0.252. The number of rotatable bonds is 5. The van der Waals surface area contributed by atoms with Gasteiger partial charge in [0.1, 0.15) is 29.3 Å². The highest BCUT2D eigenvalue weighted by Crippen LogP contribution is 2.37. The Morgan fingerprint density at radius 3 is 2.67 bits per heavy atom. The van der Waals surface area contributed by atoms with Crippen molar-refractivity contribution in [3.63, 3.8) is 0 Å². The van der Waals surface area contributed by atoms with Crippen LogP contribution in [0.5, 0.6) is 0 Å². The van der Waals surface area contributed by atoms with Crippen molar-refractivity contribution >= 4 is 40.1 Å². The summed E-state index contributed by atoms with van der Waals surface area (Å²) in [5.41, 5.74) is 3.17. The standard InChI is InChI=1S/C26H23F2N7O/c27-16-3-8-20(28)19(14-16)22-2-1-12-35(22)23-10-9-21-24(33-23)25(31-15-30-21)32-17-4-6-18(7-5-17)34-13-11-29-26(34)36/h3-10,14-15,22H,1-2,11-13H2,(H,29,36)(H,30,31,32)/t22-/m1/s1. The molecule has 2 amide bonds. The predicted molar refractivity (Wildman–Crippen MR) is 133 cm³/mol.